The van der Waals surface area contributed by atoms with Gasteiger partial charge in [-0.1, -0.05) is 24.3 Å². The van der Waals surface area contributed by atoms with Crippen LogP contribution in [0.15, 0.2) is 66.7 Å². The molecule has 3 aliphatic heterocycles. The van der Waals surface area contributed by atoms with Gasteiger partial charge in [0.15, 0.2) is 0 Å². The molecule has 0 spiro atoms. The molecule has 1 atom stereocenters. The van der Waals surface area contributed by atoms with Crippen molar-refractivity contribution in [2.75, 3.05) is 11.9 Å². The number of aromatic nitrogens is 1. The van der Waals surface area contributed by atoms with E-state index in [2.05, 4.69) is 23.6 Å². The Hall–Kier alpha value is -4.56. The Bertz CT molecular complexity index is 1850. The average molecular weight is 623 g/mol. The quantitative estimate of drug-likeness (QED) is 0.202. The Kier molecular flexibility index (Phi) is 7.40. The molecule has 0 aliphatic carbocycles. The van der Waals surface area contributed by atoms with Crippen molar-refractivity contribution in [1.82, 2.24) is 14.4 Å². The van der Waals surface area contributed by atoms with Crippen molar-refractivity contribution in [2.45, 2.75) is 64.8 Å². The zero-order chi connectivity index (χ0) is 31.4. The number of benzene rings is 3. The van der Waals surface area contributed by atoms with Gasteiger partial charge in [-0.2, -0.15) is 0 Å². The molecule has 8 nitrogen and oxygen atoms in total. The fourth-order valence-corrected chi connectivity index (χ4v) is 7.25. The lowest BCUT2D eigenvalue weighted by Crippen LogP contribution is -2.42. The summed E-state index contributed by atoms with van der Waals surface area (Å²) in [5.74, 6) is -0.0735. The Labute approximate surface area is 267 Å². The van der Waals surface area contributed by atoms with Crippen LogP contribution < -0.4 is 4.90 Å². The van der Waals surface area contributed by atoms with E-state index in [1.165, 1.54) is 5.56 Å². The summed E-state index contributed by atoms with van der Waals surface area (Å²) in [7, 11) is 1.74. The van der Waals surface area contributed by atoms with Crippen molar-refractivity contribution < 1.29 is 19.5 Å². The number of carbonyl (C=O) groups excluding carboxylic acids is 3. The zero-order valence-electron chi connectivity index (χ0n) is 25.4. The van der Waals surface area contributed by atoms with E-state index in [1.807, 2.05) is 35.2 Å². The van der Waals surface area contributed by atoms with Crippen molar-refractivity contribution in [1.29, 1.82) is 0 Å². The van der Waals surface area contributed by atoms with Crippen LogP contribution in [-0.4, -0.2) is 49.7 Å². The van der Waals surface area contributed by atoms with Crippen LogP contribution in [0.2, 0.25) is 0 Å². The van der Waals surface area contributed by atoms with Crippen molar-refractivity contribution in [2.24, 2.45) is 0 Å². The molecule has 3 aliphatic rings. The summed E-state index contributed by atoms with van der Waals surface area (Å²) in [4.78, 5) is 45.8. The van der Waals surface area contributed by atoms with Gasteiger partial charge in [0.05, 0.1) is 5.56 Å². The van der Waals surface area contributed by atoms with Crippen molar-refractivity contribution in [3.63, 3.8) is 0 Å². The molecule has 9 heteroatoms. The van der Waals surface area contributed by atoms with Gasteiger partial charge < -0.3 is 24.4 Å². The first-order chi connectivity index (χ1) is 21.7. The summed E-state index contributed by atoms with van der Waals surface area (Å²) >= 11 is 5.90. The second-order valence-electron chi connectivity index (χ2n) is 12.4. The molecule has 0 saturated carbocycles. The van der Waals surface area contributed by atoms with Crippen molar-refractivity contribution >= 4 is 34.5 Å². The number of aromatic hydroxyl groups is 1. The van der Waals surface area contributed by atoms with Gasteiger partial charge in [0, 0.05) is 67.5 Å². The number of amides is 3. The van der Waals surface area contributed by atoms with Gasteiger partial charge in [-0.05, 0) is 109 Å². The molecule has 230 valence electrons. The predicted octanol–water partition coefficient (Wildman–Crippen LogP) is 6.74. The van der Waals surface area contributed by atoms with Gasteiger partial charge >= 0.3 is 5.37 Å². The molecule has 0 fully saturated rings. The SMILES string of the molecule is C[C@@H]1Cc2ccccc2CN1C(=O)c1cc2c(cc1-c1cc(C(=O)N(C)c3ccc(O)cc3)c3n1CCCC3)CN(C(=O)Cl)C2. The van der Waals surface area contributed by atoms with Gasteiger partial charge in [0.2, 0.25) is 0 Å². The minimum absolute atomic E-state index is 0.00625. The van der Waals surface area contributed by atoms with Gasteiger partial charge in [-0.3, -0.25) is 14.4 Å². The van der Waals surface area contributed by atoms with Crippen LogP contribution in [0.4, 0.5) is 10.5 Å². The fourth-order valence-electron chi connectivity index (χ4n) is 7.13. The summed E-state index contributed by atoms with van der Waals surface area (Å²) in [5.41, 5.74) is 8.69. The summed E-state index contributed by atoms with van der Waals surface area (Å²) in [5, 5.41) is 9.24. The maximum absolute atomic E-state index is 14.6. The molecule has 0 bridgehead atoms. The second-order valence-corrected chi connectivity index (χ2v) is 12.7. The lowest BCUT2D eigenvalue weighted by molar-refractivity contribution is 0.0658. The molecule has 1 aromatic heterocycles. The van der Waals surface area contributed by atoms with Gasteiger partial charge in [-0.25, -0.2) is 0 Å². The minimum Gasteiger partial charge on any atom is -0.508 e. The lowest BCUT2D eigenvalue weighted by atomic mass is 9.92. The van der Waals surface area contributed by atoms with E-state index in [9.17, 15) is 19.5 Å². The molecule has 45 heavy (non-hydrogen) atoms. The average Bonchev–Trinajstić information content (AvgIpc) is 3.65. The number of hydrogen-bond acceptors (Lipinski definition) is 4. The van der Waals surface area contributed by atoms with E-state index in [0.29, 0.717) is 36.4 Å². The predicted molar refractivity (Wildman–Crippen MR) is 174 cm³/mol. The van der Waals surface area contributed by atoms with E-state index in [-0.39, 0.29) is 23.6 Å². The van der Waals surface area contributed by atoms with Gasteiger partial charge in [0.25, 0.3) is 11.8 Å². The Balaban J connectivity index is 1.34. The minimum atomic E-state index is -0.521. The summed E-state index contributed by atoms with van der Waals surface area (Å²) < 4.78 is 2.20. The van der Waals surface area contributed by atoms with E-state index >= 15 is 0 Å². The van der Waals surface area contributed by atoms with Crippen LogP contribution in [0.3, 0.4) is 0 Å². The molecule has 1 N–H and O–H groups in total. The number of anilines is 1. The topological polar surface area (TPSA) is 86.1 Å². The molecule has 0 unspecified atom stereocenters. The van der Waals surface area contributed by atoms with E-state index < -0.39 is 5.37 Å². The maximum atomic E-state index is 14.6. The zero-order valence-corrected chi connectivity index (χ0v) is 26.2. The van der Waals surface area contributed by atoms with Crippen LogP contribution >= 0.6 is 11.6 Å². The fraction of sp³-hybridized carbons (Fsp3) is 0.306. The van der Waals surface area contributed by atoms with Crippen LogP contribution in [-0.2, 0) is 39.0 Å². The molecular weight excluding hydrogens is 588 g/mol. The number of rotatable bonds is 4. The number of fused-ring (bicyclic) bond motifs is 3. The standard InChI is InChI=1S/C36H35ClN4O4/c1-22-15-23-7-3-4-8-24(23)21-41(22)35(44)30-17-26-20-39(36(37)45)19-25(26)16-29(30)33-18-31(32-9-5-6-14-40(32)33)34(43)38(2)27-10-12-28(42)13-11-27/h3-4,7-8,10-13,16-18,22,42H,5-6,9,14-15,19-21H2,1-2H3/t22-/m1/s1. The molecule has 4 heterocycles. The Morgan fingerprint density at radius 1 is 0.867 bits per heavy atom. The first kappa shape index (κ1) is 29.2. The number of phenols is 1. The highest BCUT2D eigenvalue weighted by molar-refractivity contribution is 6.62. The third-order valence-electron chi connectivity index (χ3n) is 9.61. The second kappa shape index (κ2) is 11.4. The number of carbonyl (C=O) groups is 3. The lowest BCUT2D eigenvalue weighted by Gasteiger charge is -2.35. The third-order valence-corrected chi connectivity index (χ3v) is 9.85. The molecule has 0 radical (unpaired) electrons. The normalized spacial score (nSPS) is 17.0. The largest absolute Gasteiger partial charge is 0.508 e. The highest BCUT2D eigenvalue weighted by Gasteiger charge is 2.34. The molecule has 3 amide bonds. The summed E-state index contributed by atoms with van der Waals surface area (Å²) in [6, 6.07) is 20.7. The summed E-state index contributed by atoms with van der Waals surface area (Å²) in [6.07, 6.45) is 3.48. The smallest absolute Gasteiger partial charge is 0.316 e. The number of halogens is 1. The molecule has 7 rings (SSSR count). The highest BCUT2D eigenvalue weighted by Crippen LogP contribution is 2.38. The monoisotopic (exact) mass is 622 g/mol. The van der Waals surface area contributed by atoms with Crippen LogP contribution in [0.1, 0.15) is 68.4 Å². The molecule has 0 saturated heterocycles. The van der Waals surface area contributed by atoms with Gasteiger partial charge in [0.1, 0.15) is 5.75 Å². The van der Waals surface area contributed by atoms with Crippen LogP contribution in [0.25, 0.3) is 11.3 Å². The van der Waals surface area contributed by atoms with Crippen molar-refractivity contribution in [3.8, 4) is 17.0 Å². The molecule has 4 aromatic rings. The van der Waals surface area contributed by atoms with Gasteiger partial charge in [-0.15, -0.1) is 0 Å². The van der Waals surface area contributed by atoms with Crippen LogP contribution in [0, 0.1) is 0 Å². The maximum Gasteiger partial charge on any atom is 0.316 e. The Morgan fingerprint density at radius 2 is 1.58 bits per heavy atom. The number of nitrogens with zero attached hydrogens (tertiary/aromatic N) is 4. The molecule has 3 aromatic carbocycles. The first-order valence-corrected chi connectivity index (χ1v) is 15.8. The third kappa shape index (κ3) is 5.17. The number of phenolic OH excluding ortho intramolecular Hbond substituents is 1. The van der Waals surface area contributed by atoms with E-state index in [0.717, 1.165) is 65.9 Å². The first-order valence-electron chi connectivity index (χ1n) is 15.5. The van der Waals surface area contributed by atoms with E-state index in [1.54, 1.807) is 41.1 Å². The number of hydrogen-bond donors (Lipinski definition) is 1. The highest BCUT2D eigenvalue weighted by atomic mass is 35.5. The van der Waals surface area contributed by atoms with Crippen LogP contribution in [0.5, 0.6) is 5.75 Å². The van der Waals surface area contributed by atoms with E-state index in [4.69, 9.17) is 11.6 Å². The Morgan fingerprint density at radius 3 is 2.31 bits per heavy atom. The van der Waals surface area contributed by atoms with Crippen molar-refractivity contribution in [3.05, 3.63) is 106 Å². The molecular formula is C36H35ClN4O4. The summed E-state index contributed by atoms with van der Waals surface area (Å²) in [6.45, 7) is 4.07.